The van der Waals surface area contributed by atoms with E-state index in [1.54, 1.807) is 6.07 Å². The van der Waals surface area contributed by atoms with Gasteiger partial charge in [-0.1, -0.05) is 36.4 Å². The second-order valence-corrected chi connectivity index (χ2v) is 5.62. The molecule has 2 heterocycles. The number of rotatable bonds is 2. The molecule has 0 spiro atoms. The second kappa shape index (κ2) is 4.86. The average Bonchev–Trinajstić information content (AvgIpc) is 2.89. The molecular weight excluding hydrogens is 260 g/mol. The highest BCUT2D eigenvalue weighted by molar-refractivity contribution is 5.78. The lowest BCUT2D eigenvalue weighted by Gasteiger charge is -2.15. The number of benzene rings is 2. The first kappa shape index (κ1) is 12.4. The van der Waals surface area contributed by atoms with E-state index in [9.17, 15) is 4.79 Å². The van der Waals surface area contributed by atoms with Crippen LogP contribution in [0, 0.1) is 0 Å². The predicted octanol–water partition coefficient (Wildman–Crippen LogP) is 3.04. The topological polar surface area (TPSA) is 36.1 Å². The minimum absolute atomic E-state index is 0.0936. The fourth-order valence-corrected chi connectivity index (χ4v) is 3.09. The van der Waals surface area contributed by atoms with E-state index in [2.05, 4.69) is 34.1 Å². The van der Waals surface area contributed by atoms with Gasteiger partial charge in [0.05, 0.1) is 0 Å². The van der Waals surface area contributed by atoms with Gasteiger partial charge in [0.15, 0.2) is 5.43 Å². The third kappa shape index (κ3) is 2.26. The summed E-state index contributed by atoms with van der Waals surface area (Å²) in [6.07, 6.45) is 0. The monoisotopic (exact) mass is 276 g/mol. The number of fused-ring (bicyclic) bond motifs is 2. The number of nitrogens with one attached hydrogen (secondary N) is 1. The van der Waals surface area contributed by atoms with Gasteiger partial charge in [0.25, 0.3) is 0 Å². The van der Waals surface area contributed by atoms with E-state index < -0.39 is 0 Å². The summed E-state index contributed by atoms with van der Waals surface area (Å²) in [5.41, 5.74) is 4.76. The number of hydrogen-bond donors (Lipinski definition) is 1. The van der Waals surface area contributed by atoms with Gasteiger partial charge in [-0.15, -0.1) is 0 Å². The molecule has 4 rings (SSSR count). The minimum Gasteiger partial charge on any atom is -0.357 e. The molecule has 2 aromatic carbocycles. The smallest absolute Gasteiger partial charge is 0.189 e. The maximum Gasteiger partial charge on any atom is 0.189 e. The molecule has 0 bridgehead atoms. The van der Waals surface area contributed by atoms with Crippen molar-refractivity contribution in [2.45, 2.75) is 19.6 Å². The molecule has 1 aromatic heterocycles. The van der Waals surface area contributed by atoms with Gasteiger partial charge in [0, 0.05) is 42.3 Å². The Bertz CT molecular complexity index is 841. The molecule has 104 valence electrons. The van der Waals surface area contributed by atoms with Gasteiger partial charge in [-0.3, -0.25) is 9.69 Å². The van der Waals surface area contributed by atoms with Crippen molar-refractivity contribution in [2.24, 2.45) is 0 Å². The molecule has 21 heavy (non-hydrogen) atoms. The van der Waals surface area contributed by atoms with Crippen molar-refractivity contribution < 1.29 is 0 Å². The molecule has 3 nitrogen and oxygen atoms in total. The van der Waals surface area contributed by atoms with Crippen LogP contribution >= 0.6 is 0 Å². The van der Waals surface area contributed by atoms with Crippen molar-refractivity contribution in [3.05, 3.63) is 81.6 Å². The Balaban J connectivity index is 1.63. The lowest BCUT2D eigenvalue weighted by atomic mass is 10.1. The van der Waals surface area contributed by atoms with E-state index in [-0.39, 0.29) is 5.43 Å². The van der Waals surface area contributed by atoms with Crippen molar-refractivity contribution in [2.75, 3.05) is 0 Å². The lowest BCUT2D eigenvalue weighted by Crippen LogP contribution is -2.18. The van der Waals surface area contributed by atoms with E-state index in [4.69, 9.17) is 0 Å². The van der Waals surface area contributed by atoms with Gasteiger partial charge in [-0.2, -0.15) is 0 Å². The summed E-state index contributed by atoms with van der Waals surface area (Å²) in [6, 6.07) is 17.9. The Kier molecular flexibility index (Phi) is 2.86. The summed E-state index contributed by atoms with van der Waals surface area (Å²) in [7, 11) is 0. The lowest BCUT2D eigenvalue weighted by molar-refractivity contribution is 0.272. The van der Waals surface area contributed by atoms with Gasteiger partial charge in [-0.25, -0.2) is 0 Å². The number of H-pyrrole nitrogens is 1. The maximum atomic E-state index is 12.2. The van der Waals surface area contributed by atoms with Gasteiger partial charge >= 0.3 is 0 Å². The van der Waals surface area contributed by atoms with Crippen molar-refractivity contribution in [1.82, 2.24) is 9.88 Å². The Morgan fingerprint density at radius 1 is 0.952 bits per heavy atom. The summed E-state index contributed by atoms with van der Waals surface area (Å²) in [5, 5.41) is 0.756. The van der Waals surface area contributed by atoms with Gasteiger partial charge < -0.3 is 4.98 Å². The average molecular weight is 276 g/mol. The Labute approximate surface area is 122 Å². The van der Waals surface area contributed by atoms with Crippen LogP contribution in [-0.4, -0.2) is 9.88 Å². The highest BCUT2D eigenvalue weighted by Gasteiger charge is 2.18. The summed E-state index contributed by atoms with van der Waals surface area (Å²) in [5.74, 6) is 0. The molecule has 1 aliphatic rings. The molecule has 0 fully saturated rings. The van der Waals surface area contributed by atoms with Crippen LogP contribution < -0.4 is 5.43 Å². The number of nitrogens with zero attached hydrogens (tertiary/aromatic N) is 1. The summed E-state index contributed by atoms with van der Waals surface area (Å²) in [4.78, 5) is 17.9. The zero-order chi connectivity index (χ0) is 14.2. The highest BCUT2D eigenvalue weighted by Crippen LogP contribution is 2.23. The van der Waals surface area contributed by atoms with Crippen LogP contribution in [0.1, 0.15) is 16.8 Å². The van der Waals surface area contributed by atoms with Crippen molar-refractivity contribution in [1.29, 1.82) is 0 Å². The van der Waals surface area contributed by atoms with E-state index in [0.29, 0.717) is 0 Å². The third-order valence-corrected chi connectivity index (χ3v) is 4.09. The van der Waals surface area contributed by atoms with E-state index >= 15 is 0 Å². The molecule has 0 atom stereocenters. The first-order valence-electron chi connectivity index (χ1n) is 7.20. The first-order valence-corrected chi connectivity index (χ1v) is 7.20. The van der Waals surface area contributed by atoms with Crippen LogP contribution in [0.25, 0.3) is 10.9 Å². The SMILES string of the molecule is O=c1cc(CN2Cc3ccccc3C2)[nH]c2ccccc12. The van der Waals surface area contributed by atoms with Crippen molar-refractivity contribution >= 4 is 10.9 Å². The molecule has 0 saturated heterocycles. The number of pyridine rings is 1. The van der Waals surface area contributed by atoms with E-state index in [1.165, 1.54) is 11.1 Å². The number of para-hydroxylation sites is 1. The molecule has 0 radical (unpaired) electrons. The summed E-state index contributed by atoms with van der Waals surface area (Å²) >= 11 is 0. The number of hydrogen-bond acceptors (Lipinski definition) is 2. The van der Waals surface area contributed by atoms with Crippen LogP contribution in [0.5, 0.6) is 0 Å². The molecule has 0 saturated carbocycles. The molecule has 3 aromatic rings. The minimum atomic E-state index is 0.0936. The van der Waals surface area contributed by atoms with Crippen LogP contribution in [0.15, 0.2) is 59.4 Å². The zero-order valence-corrected chi connectivity index (χ0v) is 11.7. The first-order chi connectivity index (χ1) is 10.3. The fraction of sp³-hybridized carbons (Fsp3) is 0.167. The van der Waals surface area contributed by atoms with Crippen LogP contribution in [-0.2, 0) is 19.6 Å². The molecule has 0 aliphatic carbocycles. The van der Waals surface area contributed by atoms with Gasteiger partial charge in [0.2, 0.25) is 0 Å². The fourth-order valence-electron chi connectivity index (χ4n) is 3.09. The van der Waals surface area contributed by atoms with Crippen LogP contribution in [0.3, 0.4) is 0 Å². The zero-order valence-electron chi connectivity index (χ0n) is 11.7. The predicted molar refractivity (Wildman–Crippen MR) is 84.0 cm³/mol. The largest absolute Gasteiger partial charge is 0.357 e. The molecule has 1 N–H and O–H groups in total. The number of aromatic amines is 1. The Morgan fingerprint density at radius 2 is 1.62 bits per heavy atom. The third-order valence-electron chi connectivity index (χ3n) is 4.09. The molecule has 3 heteroatoms. The maximum absolute atomic E-state index is 12.2. The summed E-state index contributed by atoms with van der Waals surface area (Å²) < 4.78 is 0. The van der Waals surface area contributed by atoms with Crippen LogP contribution in [0.4, 0.5) is 0 Å². The van der Waals surface area contributed by atoms with Gasteiger partial charge in [-0.05, 0) is 23.3 Å². The molecule has 0 amide bonds. The highest BCUT2D eigenvalue weighted by atomic mass is 16.1. The summed E-state index contributed by atoms with van der Waals surface area (Å²) in [6.45, 7) is 2.67. The van der Waals surface area contributed by atoms with E-state index in [0.717, 1.165) is 36.2 Å². The molecule has 0 unspecified atom stereocenters. The van der Waals surface area contributed by atoms with E-state index in [1.807, 2.05) is 24.3 Å². The second-order valence-electron chi connectivity index (χ2n) is 5.62. The van der Waals surface area contributed by atoms with Crippen molar-refractivity contribution in [3.8, 4) is 0 Å². The standard InChI is InChI=1S/C18H16N2O/c21-18-9-15(19-17-8-4-3-7-16(17)18)12-20-10-13-5-1-2-6-14(13)11-20/h1-9H,10-12H2,(H,19,21). The number of aromatic nitrogens is 1. The quantitative estimate of drug-likeness (QED) is 0.781. The van der Waals surface area contributed by atoms with Crippen molar-refractivity contribution in [3.63, 3.8) is 0 Å². The Hall–Kier alpha value is -2.39. The van der Waals surface area contributed by atoms with Crippen LogP contribution in [0.2, 0.25) is 0 Å². The molecular formula is C18H16N2O. The van der Waals surface area contributed by atoms with Gasteiger partial charge in [0.1, 0.15) is 0 Å². The Morgan fingerprint density at radius 3 is 2.38 bits per heavy atom. The molecule has 1 aliphatic heterocycles. The normalized spacial score (nSPS) is 14.5.